The first-order valence-corrected chi connectivity index (χ1v) is 9.05. The molecule has 0 fully saturated rings. The molecule has 0 N–H and O–H groups in total. The van der Waals surface area contributed by atoms with Crippen molar-refractivity contribution in [2.75, 3.05) is 0 Å². The standard InChI is InChI=1S/C18H16N6OS/c1-12-8-9-15-14(10-12)17(25)23(2)18(19-15)26-11-16-20-21-22-24(16)13-6-4-3-5-7-13/h3-10H,11H2,1-2H3. The van der Waals surface area contributed by atoms with Crippen molar-refractivity contribution in [3.05, 3.63) is 70.3 Å². The molecule has 0 aliphatic heterocycles. The Kier molecular flexibility index (Phi) is 4.26. The third-order valence-electron chi connectivity index (χ3n) is 4.06. The van der Waals surface area contributed by atoms with E-state index in [4.69, 9.17) is 0 Å². The van der Waals surface area contributed by atoms with Gasteiger partial charge in [0, 0.05) is 7.05 Å². The average Bonchev–Trinajstić information content (AvgIpc) is 3.13. The van der Waals surface area contributed by atoms with Crippen LogP contribution in [-0.2, 0) is 12.8 Å². The van der Waals surface area contributed by atoms with Gasteiger partial charge in [0.25, 0.3) is 5.56 Å². The van der Waals surface area contributed by atoms with Gasteiger partial charge in [0.2, 0.25) is 0 Å². The number of benzene rings is 2. The van der Waals surface area contributed by atoms with Crippen LogP contribution >= 0.6 is 11.8 Å². The number of aromatic nitrogens is 6. The summed E-state index contributed by atoms with van der Waals surface area (Å²) in [7, 11) is 1.74. The molecular formula is C18H16N6OS. The second kappa shape index (κ2) is 6.72. The molecular weight excluding hydrogens is 348 g/mol. The van der Waals surface area contributed by atoms with Crippen LogP contribution in [0.3, 0.4) is 0 Å². The van der Waals surface area contributed by atoms with Crippen LogP contribution in [-0.4, -0.2) is 29.8 Å². The highest BCUT2D eigenvalue weighted by Crippen LogP contribution is 2.21. The first-order chi connectivity index (χ1) is 12.6. The summed E-state index contributed by atoms with van der Waals surface area (Å²) in [5.74, 6) is 1.19. The van der Waals surface area contributed by atoms with Gasteiger partial charge < -0.3 is 0 Å². The molecule has 130 valence electrons. The highest BCUT2D eigenvalue weighted by Gasteiger charge is 2.13. The second-order valence-electron chi connectivity index (χ2n) is 5.91. The smallest absolute Gasteiger partial charge is 0.261 e. The van der Waals surface area contributed by atoms with Crippen molar-refractivity contribution in [3.8, 4) is 5.69 Å². The number of thioether (sulfide) groups is 1. The van der Waals surface area contributed by atoms with E-state index in [-0.39, 0.29) is 5.56 Å². The zero-order chi connectivity index (χ0) is 18.1. The number of fused-ring (bicyclic) bond motifs is 1. The summed E-state index contributed by atoms with van der Waals surface area (Å²) in [6.45, 7) is 1.96. The lowest BCUT2D eigenvalue weighted by molar-refractivity contribution is 0.724. The highest BCUT2D eigenvalue weighted by molar-refractivity contribution is 7.98. The molecule has 26 heavy (non-hydrogen) atoms. The van der Waals surface area contributed by atoms with Crippen molar-refractivity contribution in [2.45, 2.75) is 17.8 Å². The summed E-state index contributed by atoms with van der Waals surface area (Å²) in [5.41, 5.74) is 2.58. The fraction of sp³-hybridized carbons (Fsp3) is 0.167. The summed E-state index contributed by atoms with van der Waals surface area (Å²) in [6.07, 6.45) is 0. The Balaban J connectivity index is 1.66. The first-order valence-electron chi connectivity index (χ1n) is 8.06. The van der Waals surface area contributed by atoms with Crippen molar-refractivity contribution >= 4 is 22.7 Å². The highest BCUT2D eigenvalue weighted by atomic mass is 32.2. The van der Waals surface area contributed by atoms with E-state index >= 15 is 0 Å². The number of hydrogen-bond acceptors (Lipinski definition) is 6. The van der Waals surface area contributed by atoms with E-state index in [9.17, 15) is 4.79 Å². The van der Waals surface area contributed by atoms with Gasteiger partial charge >= 0.3 is 0 Å². The summed E-state index contributed by atoms with van der Waals surface area (Å²) < 4.78 is 3.26. The van der Waals surface area contributed by atoms with Crippen molar-refractivity contribution in [1.29, 1.82) is 0 Å². The average molecular weight is 364 g/mol. The zero-order valence-corrected chi connectivity index (χ0v) is 15.1. The van der Waals surface area contributed by atoms with Crippen LogP contribution in [0.1, 0.15) is 11.4 Å². The topological polar surface area (TPSA) is 78.5 Å². The predicted octanol–water partition coefficient (Wildman–Crippen LogP) is 2.51. The molecule has 0 saturated heterocycles. The molecule has 0 atom stereocenters. The van der Waals surface area contributed by atoms with Gasteiger partial charge in [-0.05, 0) is 41.6 Å². The zero-order valence-electron chi connectivity index (χ0n) is 14.3. The molecule has 4 rings (SSSR count). The lowest BCUT2D eigenvalue weighted by atomic mass is 10.2. The van der Waals surface area contributed by atoms with Crippen LogP contribution in [0.2, 0.25) is 0 Å². The Morgan fingerprint density at radius 1 is 1.12 bits per heavy atom. The van der Waals surface area contributed by atoms with Gasteiger partial charge in [0.05, 0.1) is 22.3 Å². The molecule has 8 heteroatoms. The quantitative estimate of drug-likeness (QED) is 0.409. The number of aryl methyl sites for hydroxylation is 1. The van der Waals surface area contributed by atoms with E-state index in [2.05, 4.69) is 20.5 Å². The Bertz CT molecular complexity index is 1140. The van der Waals surface area contributed by atoms with Gasteiger partial charge in [0.15, 0.2) is 11.0 Å². The minimum atomic E-state index is -0.0520. The molecule has 4 aromatic rings. The molecule has 2 heterocycles. The number of hydrogen-bond donors (Lipinski definition) is 0. The van der Waals surface area contributed by atoms with Gasteiger partial charge in [-0.2, -0.15) is 4.68 Å². The molecule has 7 nitrogen and oxygen atoms in total. The van der Waals surface area contributed by atoms with E-state index in [1.807, 2.05) is 55.5 Å². The van der Waals surface area contributed by atoms with Gasteiger partial charge in [-0.1, -0.05) is 41.6 Å². The van der Waals surface area contributed by atoms with Crippen molar-refractivity contribution in [2.24, 2.45) is 7.05 Å². The van der Waals surface area contributed by atoms with E-state index in [1.165, 1.54) is 11.8 Å². The molecule has 0 aliphatic carbocycles. The Labute approximate surface area is 153 Å². The number of rotatable bonds is 4. The minimum Gasteiger partial charge on any atom is -0.290 e. The lowest BCUT2D eigenvalue weighted by Gasteiger charge is -2.09. The van der Waals surface area contributed by atoms with Crippen molar-refractivity contribution in [1.82, 2.24) is 29.8 Å². The fourth-order valence-corrected chi connectivity index (χ4v) is 3.57. The first kappa shape index (κ1) is 16.5. The van der Waals surface area contributed by atoms with Crippen molar-refractivity contribution in [3.63, 3.8) is 0 Å². The second-order valence-corrected chi connectivity index (χ2v) is 6.85. The maximum atomic E-state index is 12.6. The normalized spacial score (nSPS) is 11.2. The third-order valence-corrected chi connectivity index (χ3v) is 5.08. The third kappa shape index (κ3) is 2.99. The van der Waals surface area contributed by atoms with Gasteiger partial charge in [-0.25, -0.2) is 4.98 Å². The number of para-hydroxylation sites is 1. The summed E-state index contributed by atoms with van der Waals surface area (Å²) in [4.78, 5) is 17.2. The summed E-state index contributed by atoms with van der Waals surface area (Å²) in [6, 6.07) is 15.4. The molecule has 0 radical (unpaired) electrons. The largest absolute Gasteiger partial charge is 0.290 e. The van der Waals surface area contributed by atoms with Gasteiger partial charge in [-0.15, -0.1) is 5.10 Å². The molecule has 0 spiro atoms. The molecule has 2 aromatic heterocycles. The SMILES string of the molecule is Cc1ccc2nc(SCc3nnnn3-c3ccccc3)n(C)c(=O)c2c1. The Morgan fingerprint density at radius 3 is 2.73 bits per heavy atom. The summed E-state index contributed by atoms with van der Waals surface area (Å²) in [5, 5.41) is 13.2. The molecule has 0 unspecified atom stereocenters. The molecule has 0 aliphatic rings. The number of tetrazole rings is 1. The molecule has 0 saturated carbocycles. The maximum Gasteiger partial charge on any atom is 0.261 e. The minimum absolute atomic E-state index is 0.0520. The maximum absolute atomic E-state index is 12.6. The van der Waals surface area contributed by atoms with E-state index in [1.54, 1.807) is 16.3 Å². The van der Waals surface area contributed by atoms with Crippen molar-refractivity contribution < 1.29 is 0 Å². The van der Waals surface area contributed by atoms with Crippen LogP contribution in [0.25, 0.3) is 16.6 Å². The summed E-state index contributed by atoms with van der Waals surface area (Å²) >= 11 is 1.44. The van der Waals surface area contributed by atoms with Gasteiger partial charge in [0.1, 0.15) is 0 Å². The molecule has 0 bridgehead atoms. The van der Waals surface area contributed by atoms with E-state index < -0.39 is 0 Å². The van der Waals surface area contributed by atoms with E-state index in [0.717, 1.165) is 11.3 Å². The van der Waals surface area contributed by atoms with Gasteiger partial charge in [-0.3, -0.25) is 9.36 Å². The predicted molar refractivity (Wildman–Crippen MR) is 100 cm³/mol. The van der Waals surface area contributed by atoms with Crippen LogP contribution in [0.4, 0.5) is 0 Å². The van der Waals surface area contributed by atoms with Crippen LogP contribution in [0.15, 0.2) is 58.5 Å². The Morgan fingerprint density at radius 2 is 1.92 bits per heavy atom. The van der Waals surface area contributed by atoms with E-state index in [0.29, 0.717) is 27.6 Å². The van der Waals surface area contributed by atoms with Crippen LogP contribution < -0.4 is 5.56 Å². The Hall–Kier alpha value is -3.00. The van der Waals surface area contributed by atoms with Crippen LogP contribution in [0.5, 0.6) is 0 Å². The molecule has 0 amide bonds. The number of nitrogens with zero attached hydrogens (tertiary/aromatic N) is 6. The monoisotopic (exact) mass is 364 g/mol. The van der Waals surface area contributed by atoms with Crippen LogP contribution in [0, 0.1) is 6.92 Å². The fourth-order valence-electron chi connectivity index (χ4n) is 2.69. The molecule has 2 aromatic carbocycles. The lowest BCUT2D eigenvalue weighted by Crippen LogP contribution is -2.20.